The van der Waals surface area contributed by atoms with Gasteiger partial charge in [-0.05, 0) is 62.2 Å². The number of hydrogen-bond donors (Lipinski definition) is 2. The van der Waals surface area contributed by atoms with Crippen molar-refractivity contribution in [2.45, 2.75) is 64.3 Å². The van der Waals surface area contributed by atoms with Gasteiger partial charge in [0, 0.05) is 17.8 Å². The molecule has 2 N–H and O–H groups in total. The largest absolute Gasteiger partial charge is 0.463 e. The first-order chi connectivity index (χ1) is 14.7. The first-order valence-electron chi connectivity index (χ1n) is 11.0. The Kier molecular flexibility index (Phi) is 5.29. The van der Waals surface area contributed by atoms with Crippen molar-refractivity contribution in [3.63, 3.8) is 0 Å². The standard InChI is InChI=1S/C24H29F3O5/c1-13(28)32-12-20(30)23(31)9-6-17-15-11-19(24(25,26)27)18-10-14(29)4-7-21(18,2)16(15)5-8-22(17,23)3/h4-5,7,10,15,17,19-20,30-31H,6,8-9,11-12H2,1-3H3/t15?,17?,19?,20?,21-,22+,23+/m1/s1. The Labute approximate surface area is 185 Å². The maximum absolute atomic E-state index is 14.1. The zero-order valence-corrected chi connectivity index (χ0v) is 18.4. The average molecular weight is 454 g/mol. The highest BCUT2D eigenvalue weighted by Gasteiger charge is 2.66. The van der Waals surface area contributed by atoms with Gasteiger partial charge in [0.15, 0.2) is 5.78 Å². The van der Waals surface area contributed by atoms with Crippen molar-refractivity contribution < 1.29 is 37.7 Å². The van der Waals surface area contributed by atoms with E-state index in [0.717, 1.165) is 11.6 Å². The number of allylic oxidation sites excluding steroid dienone is 6. The minimum atomic E-state index is -4.50. The molecule has 7 atom stereocenters. The molecule has 0 aromatic rings. The molecule has 0 saturated heterocycles. The van der Waals surface area contributed by atoms with Crippen molar-refractivity contribution in [1.29, 1.82) is 0 Å². The van der Waals surface area contributed by atoms with Crippen molar-refractivity contribution >= 4 is 11.8 Å². The molecular weight excluding hydrogens is 425 g/mol. The van der Waals surface area contributed by atoms with Crippen LogP contribution >= 0.6 is 0 Å². The second-order valence-electron chi connectivity index (χ2n) is 10.1. The van der Waals surface area contributed by atoms with E-state index in [1.165, 1.54) is 13.0 Å². The van der Waals surface area contributed by atoms with Gasteiger partial charge in [-0.25, -0.2) is 0 Å². The smallest absolute Gasteiger partial charge is 0.395 e. The molecule has 0 heterocycles. The lowest BCUT2D eigenvalue weighted by Crippen LogP contribution is -2.58. The summed E-state index contributed by atoms with van der Waals surface area (Å²) in [5, 5.41) is 22.2. The molecule has 0 aromatic heterocycles. The third-order valence-electron chi connectivity index (χ3n) is 8.61. The molecular formula is C24H29F3O5. The highest BCUT2D eigenvalue weighted by Crippen LogP contribution is 2.67. The number of carbonyl (C=O) groups is 2. The van der Waals surface area contributed by atoms with Crippen LogP contribution < -0.4 is 0 Å². The normalized spacial score (nSPS) is 41.8. The van der Waals surface area contributed by atoms with Crippen molar-refractivity contribution in [2.24, 2.45) is 28.6 Å². The van der Waals surface area contributed by atoms with Gasteiger partial charge in [-0.1, -0.05) is 24.6 Å². The average Bonchev–Trinajstić information content (AvgIpc) is 2.97. The van der Waals surface area contributed by atoms with Crippen molar-refractivity contribution in [3.05, 3.63) is 35.5 Å². The second-order valence-corrected chi connectivity index (χ2v) is 10.1. The van der Waals surface area contributed by atoms with E-state index in [-0.39, 0.29) is 30.9 Å². The quantitative estimate of drug-likeness (QED) is 0.502. The molecule has 0 bridgehead atoms. The van der Waals surface area contributed by atoms with Gasteiger partial charge in [-0.3, -0.25) is 9.59 Å². The van der Waals surface area contributed by atoms with E-state index in [9.17, 15) is 33.0 Å². The van der Waals surface area contributed by atoms with Crippen LogP contribution in [0, 0.1) is 28.6 Å². The number of halogens is 3. The van der Waals surface area contributed by atoms with E-state index in [1.807, 2.05) is 13.0 Å². The fraction of sp³-hybridized carbons (Fsp3) is 0.667. The van der Waals surface area contributed by atoms with Crippen LogP contribution in [0.5, 0.6) is 0 Å². The molecule has 32 heavy (non-hydrogen) atoms. The molecule has 176 valence electrons. The van der Waals surface area contributed by atoms with E-state index in [1.54, 1.807) is 13.0 Å². The molecule has 2 fully saturated rings. The van der Waals surface area contributed by atoms with E-state index >= 15 is 0 Å². The molecule has 0 spiro atoms. The predicted molar refractivity (Wildman–Crippen MR) is 109 cm³/mol. The molecule has 8 heteroatoms. The first-order valence-corrected chi connectivity index (χ1v) is 11.0. The molecule has 0 aromatic carbocycles. The molecule has 4 aliphatic carbocycles. The van der Waals surface area contributed by atoms with Crippen LogP contribution in [0.15, 0.2) is 35.5 Å². The molecule has 5 nitrogen and oxygen atoms in total. The van der Waals surface area contributed by atoms with Gasteiger partial charge in [0.1, 0.15) is 12.7 Å². The van der Waals surface area contributed by atoms with Crippen LogP contribution in [0.1, 0.15) is 46.5 Å². The van der Waals surface area contributed by atoms with Crippen LogP contribution in [0.3, 0.4) is 0 Å². The van der Waals surface area contributed by atoms with Gasteiger partial charge < -0.3 is 14.9 Å². The fourth-order valence-electron chi connectivity index (χ4n) is 6.85. The van der Waals surface area contributed by atoms with Gasteiger partial charge in [0.05, 0.1) is 11.5 Å². The number of aliphatic hydroxyl groups excluding tert-OH is 1. The number of carbonyl (C=O) groups excluding carboxylic acids is 2. The molecule has 4 unspecified atom stereocenters. The third kappa shape index (κ3) is 3.21. The number of aliphatic hydroxyl groups is 2. The molecule has 4 rings (SSSR count). The monoisotopic (exact) mass is 454 g/mol. The number of ketones is 1. The van der Waals surface area contributed by atoms with Gasteiger partial charge in [0.2, 0.25) is 0 Å². The summed E-state index contributed by atoms with van der Waals surface area (Å²) in [5.74, 6) is -3.49. The molecule has 0 aliphatic heterocycles. The minimum absolute atomic E-state index is 0.0896. The SMILES string of the molecule is CC(=O)OCC(O)[C@@]1(O)CCC2C3CC(C(F)(F)F)C4=CC(=O)C=C[C@]4(C)C3=CC[C@@]21C. The maximum atomic E-state index is 14.1. The lowest BCUT2D eigenvalue weighted by atomic mass is 9.49. The fourth-order valence-corrected chi connectivity index (χ4v) is 6.85. The Morgan fingerprint density at radius 2 is 2.00 bits per heavy atom. The van der Waals surface area contributed by atoms with Gasteiger partial charge in [0.25, 0.3) is 0 Å². The van der Waals surface area contributed by atoms with E-state index in [0.29, 0.717) is 12.8 Å². The van der Waals surface area contributed by atoms with Crippen molar-refractivity contribution in [2.75, 3.05) is 6.61 Å². The van der Waals surface area contributed by atoms with Crippen LogP contribution in [0.4, 0.5) is 13.2 Å². The number of esters is 1. The number of alkyl halides is 3. The van der Waals surface area contributed by atoms with E-state index < -0.39 is 52.3 Å². The Bertz CT molecular complexity index is 934. The van der Waals surface area contributed by atoms with Crippen molar-refractivity contribution in [3.8, 4) is 0 Å². The Balaban J connectivity index is 1.75. The highest BCUT2D eigenvalue weighted by molar-refractivity contribution is 6.01. The number of ether oxygens (including phenoxy) is 1. The van der Waals surface area contributed by atoms with Gasteiger partial charge in [-0.15, -0.1) is 0 Å². The molecule has 0 radical (unpaired) electrons. The zero-order valence-electron chi connectivity index (χ0n) is 18.4. The van der Waals surface area contributed by atoms with Gasteiger partial charge in [-0.2, -0.15) is 13.2 Å². The van der Waals surface area contributed by atoms with Crippen LogP contribution in [0.2, 0.25) is 0 Å². The van der Waals surface area contributed by atoms with E-state index in [2.05, 4.69) is 0 Å². The molecule has 4 aliphatic rings. The summed E-state index contributed by atoms with van der Waals surface area (Å²) in [4.78, 5) is 23.1. The van der Waals surface area contributed by atoms with Gasteiger partial charge >= 0.3 is 12.1 Å². The van der Waals surface area contributed by atoms with Crippen molar-refractivity contribution in [1.82, 2.24) is 0 Å². The summed E-state index contributed by atoms with van der Waals surface area (Å²) in [7, 11) is 0. The lowest BCUT2D eigenvalue weighted by molar-refractivity contribution is -0.186. The number of hydrogen-bond acceptors (Lipinski definition) is 5. The zero-order chi connectivity index (χ0) is 23.7. The van der Waals surface area contributed by atoms with Crippen LogP contribution in [-0.2, 0) is 14.3 Å². The predicted octanol–water partition coefficient (Wildman–Crippen LogP) is 3.66. The van der Waals surface area contributed by atoms with Crippen LogP contribution in [-0.4, -0.2) is 46.5 Å². The Morgan fingerprint density at radius 3 is 2.62 bits per heavy atom. The summed E-state index contributed by atoms with van der Waals surface area (Å²) in [6.07, 6.45) is 0.967. The topological polar surface area (TPSA) is 83.8 Å². The number of fused-ring (bicyclic) bond motifs is 5. The summed E-state index contributed by atoms with van der Waals surface area (Å²) >= 11 is 0. The summed E-state index contributed by atoms with van der Waals surface area (Å²) < 4.78 is 47.3. The summed E-state index contributed by atoms with van der Waals surface area (Å²) in [6.45, 7) is 4.39. The molecule has 0 amide bonds. The third-order valence-corrected chi connectivity index (χ3v) is 8.61. The Hall–Kier alpha value is -1.93. The second kappa shape index (κ2) is 7.29. The first kappa shape index (κ1) is 23.2. The summed E-state index contributed by atoms with van der Waals surface area (Å²) in [6, 6.07) is 0. The summed E-state index contributed by atoms with van der Waals surface area (Å²) in [5.41, 5.74) is -2.52. The van der Waals surface area contributed by atoms with Crippen LogP contribution in [0.25, 0.3) is 0 Å². The van der Waals surface area contributed by atoms with E-state index in [4.69, 9.17) is 4.74 Å². The Morgan fingerprint density at radius 1 is 1.31 bits per heavy atom. The minimum Gasteiger partial charge on any atom is -0.463 e. The highest BCUT2D eigenvalue weighted by atomic mass is 19.4. The lowest BCUT2D eigenvalue weighted by Gasteiger charge is -2.56. The maximum Gasteiger partial charge on any atom is 0.395 e. The molecule has 2 saturated carbocycles. The number of rotatable bonds is 3.